The standard InChI is InChI=1S/C12H20N4O4S/c1-8-11(14-7-13-8)12(17)15-10-5-20-4-9(10)6-21(18,19)16(2)3/h7,9-10H,4-6H2,1-3H3,(H,13,14)(H,15,17)/t9-,10-/m0/s1. The lowest BCUT2D eigenvalue weighted by Gasteiger charge is -2.20. The number of aromatic amines is 1. The van der Waals surface area contributed by atoms with Gasteiger partial charge in [-0.25, -0.2) is 17.7 Å². The Hall–Kier alpha value is -1.45. The number of aromatic nitrogens is 2. The molecule has 0 radical (unpaired) electrons. The van der Waals surface area contributed by atoms with E-state index in [1.807, 2.05) is 0 Å². The number of amides is 1. The quantitative estimate of drug-likeness (QED) is 0.751. The highest BCUT2D eigenvalue weighted by Gasteiger charge is 2.34. The summed E-state index contributed by atoms with van der Waals surface area (Å²) in [6.45, 7) is 2.38. The summed E-state index contributed by atoms with van der Waals surface area (Å²) in [5.74, 6) is -0.637. The van der Waals surface area contributed by atoms with E-state index in [9.17, 15) is 13.2 Å². The second-order valence-corrected chi connectivity index (χ2v) is 7.54. The van der Waals surface area contributed by atoms with Gasteiger partial charge in [0.25, 0.3) is 5.91 Å². The average molecular weight is 316 g/mol. The maximum absolute atomic E-state index is 12.1. The van der Waals surface area contributed by atoms with Gasteiger partial charge in [0.15, 0.2) is 0 Å². The van der Waals surface area contributed by atoms with Crippen molar-refractivity contribution < 1.29 is 17.9 Å². The van der Waals surface area contributed by atoms with Crippen molar-refractivity contribution in [3.05, 3.63) is 17.7 Å². The Kier molecular flexibility index (Phi) is 4.64. The minimum Gasteiger partial charge on any atom is -0.379 e. The van der Waals surface area contributed by atoms with Crippen LogP contribution >= 0.6 is 0 Å². The summed E-state index contributed by atoms with van der Waals surface area (Å²) in [4.78, 5) is 18.9. The van der Waals surface area contributed by atoms with E-state index in [1.165, 1.54) is 24.7 Å². The number of hydrogen-bond donors (Lipinski definition) is 2. The first-order valence-corrected chi connectivity index (χ1v) is 8.21. The van der Waals surface area contributed by atoms with Gasteiger partial charge in [0.05, 0.1) is 31.3 Å². The molecule has 0 aliphatic carbocycles. The van der Waals surface area contributed by atoms with Gasteiger partial charge in [0, 0.05) is 25.7 Å². The molecule has 2 heterocycles. The number of imidazole rings is 1. The molecule has 1 amide bonds. The second-order valence-electron chi connectivity index (χ2n) is 5.31. The van der Waals surface area contributed by atoms with Gasteiger partial charge >= 0.3 is 0 Å². The molecule has 2 atom stereocenters. The van der Waals surface area contributed by atoms with Gasteiger partial charge < -0.3 is 15.0 Å². The summed E-state index contributed by atoms with van der Waals surface area (Å²) in [6, 6.07) is -0.330. The molecule has 9 heteroatoms. The molecular weight excluding hydrogens is 296 g/mol. The zero-order valence-electron chi connectivity index (χ0n) is 12.3. The van der Waals surface area contributed by atoms with Crippen molar-refractivity contribution in [2.75, 3.05) is 33.1 Å². The second kappa shape index (κ2) is 6.12. The Morgan fingerprint density at radius 2 is 2.24 bits per heavy atom. The number of rotatable bonds is 5. The minimum absolute atomic E-state index is 0.0511. The summed E-state index contributed by atoms with van der Waals surface area (Å²) in [5.41, 5.74) is 0.986. The van der Waals surface area contributed by atoms with Crippen LogP contribution in [0.1, 0.15) is 16.2 Å². The van der Waals surface area contributed by atoms with E-state index in [1.54, 1.807) is 6.92 Å². The van der Waals surface area contributed by atoms with Crippen LogP contribution < -0.4 is 5.32 Å². The number of sulfonamides is 1. The number of ether oxygens (including phenoxy) is 1. The molecule has 8 nitrogen and oxygen atoms in total. The summed E-state index contributed by atoms with van der Waals surface area (Å²) in [6.07, 6.45) is 1.45. The van der Waals surface area contributed by atoms with E-state index in [-0.39, 0.29) is 23.6 Å². The van der Waals surface area contributed by atoms with Gasteiger partial charge in [-0.15, -0.1) is 0 Å². The Morgan fingerprint density at radius 3 is 2.81 bits per heavy atom. The third-order valence-electron chi connectivity index (χ3n) is 3.54. The monoisotopic (exact) mass is 316 g/mol. The predicted molar refractivity (Wildman–Crippen MR) is 76.4 cm³/mol. The number of carbonyl (C=O) groups excluding carboxylic acids is 1. The topological polar surface area (TPSA) is 104 Å². The van der Waals surface area contributed by atoms with Crippen LogP contribution in [-0.4, -0.2) is 67.7 Å². The molecule has 2 N–H and O–H groups in total. The van der Waals surface area contributed by atoms with Gasteiger partial charge in [-0.3, -0.25) is 4.79 Å². The van der Waals surface area contributed by atoms with E-state index < -0.39 is 10.0 Å². The Balaban J connectivity index is 2.03. The fourth-order valence-corrected chi connectivity index (χ4v) is 3.33. The van der Waals surface area contributed by atoms with Crippen LogP contribution in [0.4, 0.5) is 0 Å². The highest BCUT2D eigenvalue weighted by Crippen LogP contribution is 2.17. The lowest BCUT2D eigenvalue weighted by Crippen LogP contribution is -2.43. The molecule has 118 valence electrons. The largest absolute Gasteiger partial charge is 0.379 e. The fraction of sp³-hybridized carbons (Fsp3) is 0.667. The summed E-state index contributed by atoms with van der Waals surface area (Å²) in [5, 5.41) is 2.80. The highest BCUT2D eigenvalue weighted by atomic mass is 32.2. The first-order valence-electron chi connectivity index (χ1n) is 6.60. The molecule has 0 unspecified atom stereocenters. The average Bonchev–Trinajstić information content (AvgIpc) is 2.98. The van der Waals surface area contributed by atoms with E-state index >= 15 is 0 Å². The lowest BCUT2D eigenvalue weighted by molar-refractivity contribution is 0.0921. The molecule has 21 heavy (non-hydrogen) atoms. The zero-order chi connectivity index (χ0) is 15.6. The molecule has 0 bridgehead atoms. The van der Waals surface area contributed by atoms with Crippen LogP contribution in [0.25, 0.3) is 0 Å². The number of nitrogens with zero attached hydrogens (tertiary/aromatic N) is 2. The van der Waals surface area contributed by atoms with Crippen LogP contribution in [0.15, 0.2) is 6.33 Å². The SMILES string of the molecule is Cc1[nH]cnc1C(=O)N[C@H]1COC[C@H]1CS(=O)(=O)N(C)C. The van der Waals surface area contributed by atoms with Gasteiger partial charge in [-0.05, 0) is 6.92 Å². The summed E-state index contributed by atoms with van der Waals surface area (Å²) < 4.78 is 30.4. The molecule has 0 aromatic carbocycles. The smallest absolute Gasteiger partial charge is 0.272 e. The first kappa shape index (κ1) is 15.9. The molecule has 1 aromatic heterocycles. The van der Waals surface area contributed by atoms with Crippen molar-refractivity contribution >= 4 is 15.9 Å². The first-order chi connectivity index (χ1) is 9.81. The molecule has 1 aliphatic heterocycles. The predicted octanol–water partition coefficient (Wildman–Crippen LogP) is -0.646. The third kappa shape index (κ3) is 3.60. The molecule has 1 aliphatic rings. The zero-order valence-corrected chi connectivity index (χ0v) is 13.1. The van der Waals surface area contributed by atoms with Crippen LogP contribution in [0.5, 0.6) is 0 Å². The van der Waals surface area contributed by atoms with E-state index in [2.05, 4.69) is 15.3 Å². The molecule has 1 aromatic rings. The van der Waals surface area contributed by atoms with Crippen LogP contribution in [0.3, 0.4) is 0 Å². The van der Waals surface area contributed by atoms with E-state index in [0.29, 0.717) is 24.6 Å². The third-order valence-corrected chi connectivity index (χ3v) is 5.50. The Morgan fingerprint density at radius 1 is 1.52 bits per heavy atom. The number of nitrogens with one attached hydrogen (secondary N) is 2. The van der Waals surface area contributed by atoms with Gasteiger partial charge in [0.1, 0.15) is 5.69 Å². The van der Waals surface area contributed by atoms with Crippen LogP contribution in [0.2, 0.25) is 0 Å². The van der Waals surface area contributed by atoms with Gasteiger partial charge in [-0.2, -0.15) is 0 Å². The van der Waals surface area contributed by atoms with Crippen molar-refractivity contribution in [1.29, 1.82) is 0 Å². The fourth-order valence-electron chi connectivity index (χ4n) is 2.17. The lowest BCUT2D eigenvalue weighted by atomic mass is 10.1. The van der Waals surface area contributed by atoms with Crippen molar-refractivity contribution in [2.45, 2.75) is 13.0 Å². The normalized spacial score (nSPS) is 22.7. The maximum Gasteiger partial charge on any atom is 0.272 e. The number of hydrogen-bond acceptors (Lipinski definition) is 5. The highest BCUT2D eigenvalue weighted by molar-refractivity contribution is 7.89. The number of H-pyrrole nitrogens is 1. The molecule has 0 saturated carbocycles. The van der Waals surface area contributed by atoms with E-state index in [0.717, 1.165) is 0 Å². The van der Waals surface area contributed by atoms with E-state index in [4.69, 9.17) is 4.74 Å². The maximum atomic E-state index is 12.1. The summed E-state index contributed by atoms with van der Waals surface area (Å²) >= 11 is 0. The van der Waals surface area contributed by atoms with Gasteiger partial charge in [-0.1, -0.05) is 0 Å². The molecule has 0 spiro atoms. The van der Waals surface area contributed by atoms with Crippen LogP contribution in [0, 0.1) is 12.8 Å². The van der Waals surface area contributed by atoms with Crippen LogP contribution in [-0.2, 0) is 14.8 Å². The van der Waals surface area contributed by atoms with Crippen molar-refractivity contribution in [2.24, 2.45) is 5.92 Å². The summed E-state index contributed by atoms with van der Waals surface area (Å²) in [7, 11) is -0.348. The molecule has 2 rings (SSSR count). The van der Waals surface area contributed by atoms with Crippen molar-refractivity contribution in [3.8, 4) is 0 Å². The molecule has 1 saturated heterocycles. The number of carbonyl (C=O) groups is 1. The molecular formula is C12H20N4O4S. The van der Waals surface area contributed by atoms with Crippen molar-refractivity contribution in [1.82, 2.24) is 19.6 Å². The molecule has 1 fully saturated rings. The van der Waals surface area contributed by atoms with Gasteiger partial charge in [0.2, 0.25) is 10.0 Å². The number of aryl methyl sites for hydroxylation is 1. The van der Waals surface area contributed by atoms with Crippen molar-refractivity contribution in [3.63, 3.8) is 0 Å². The Bertz CT molecular complexity index is 611. The minimum atomic E-state index is -3.33. The Labute approximate surface area is 123 Å².